The summed E-state index contributed by atoms with van der Waals surface area (Å²) < 4.78 is 12.1. The van der Waals surface area contributed by atoms with Crippen molar-refractivity contribution in [2.45, 2.75) is 12.8 Å². The number of nitrogens with zero attached hydrogens (tertiary/aromatic N) is 1. The van der Waals surface area contributed by atoms with Gasteiger partial charge >= 0.3 is 5.97 Å². The first-order chi connectivity index (χ1) is 8.13. The second-order valence-electron chi connectivity index (χ2n) is 3.91. The second-order valence-corrected chi connectivity index (χ2v) is 3.91. The van der Waals surface area contributed by atoms with Gasteiger partial charge in [-0.05, 0) is 24.1 Å². The Balaban J connectivity index is 2.32. The number of alkyl halides is 1. The summed E-state index contributed by atoms with van der Waals surface area (Å²) in [6, 6.07) is 4.60. The van der Waals surface area contributed by atoms with Crippen LogP contribution in [0.1, 0.15) is 22.3 Å². The number of carboxylic acids is 1. The van der Waals surface area contributed by atoms with Gasteiger partial charge < -0.3 is 10.0 Å². The van der Waals surface area contributed by atoms with Gasteiger partial charge in [-0.2, -0.15) is 0 Å². The first-order valence-electron chi connectivity index (χ1n) is 5.36. The molecule has 1 aliphatic heterocycles. The Hall–Kier alpha value is -1.91. The van der Waals surface area contributed by atoms with E-state index in [1.807, 2.05) is 0 Å². The number of benzene rings is 1. The van der Waals surface area contributed by atoms with Crippen molar-refractivity contribution >= 4 is 17.6 Å². The summed E-state index contributed by atoms with van der Waals surface area (Å²) in [6.07, 6.45) is 0.532. The third-order valence-electron chi connectivity index (χ3n) is 2.78. The minimum Gasteiger partial charge on any atom is -0.478 e. The number of amides is 1. The predicted octanol–water partition coefficient (Wildman–Crippen LogP) is 1.63. The zero-order chi connectivity index (χ0) is 12.4. The molecular formula is C12H12FNO3. The predicted molar refractivity (Wildman–Crippen MR) is 60.1 cm³/mol. The SMILES string of the molecule is O=C(O)c1ccc2c(c1)N(CCCF)C(=O)C2. The van der Waals surface area contributed by atoms with Crippen LogP contribution in [0.2, 0.25) is 0 Å². The molecule has 5 heteroatoms. The van der Waals surface area contributed by atoms with Crippen LogP contribution < -0.4 is 4.90 Å². The van der Waals surface area contributed by atoms with Crippen molar-refractivity contribution in [3.63, 3.8) is 0 Å². The summed E-state index contributed by atoms with van der Waals surface area (Å²) in [6.45, 7) is -0.191. The van der Waals surface area contributed by atoms with Crippen LogP contribution in [0, 0.1) is 0 Å². The van der Waals surface area contributed by atoms with Crippen LogP contribution in [0.15, 0.2) is 18.2 Å². The van der Waals surface area contributed by atoms with Crippen molar-refractivity contribution in [3.05, 3.63) is 29.3 Å². The molecule has 0 radical (unpaired) electrons. The molecule has 1 aromatic rings. The Labute approximate surface area is 97.7 Å². The number of hydrogen-bond donors (Lipinski definition) is 1. The number of aromatic carboxylic acids is 1. The Morgan fingerprint density at radius 3 is 2.88 bits per heavy atom. The molecule has 17 heavy (non-hydrogen) atoms. The van der Waals surface area contributed by atoms with E-state index < -0.39 is 12.6 Å². The lowest BCUT2D eigenvalue weighted by Gasteiger charge is -2.16. The molecule has 0 aliphatic carbocycles. The number of halogens is 1. The van der Waals surface area contributed by atoms with Gasteiger partial charge in [-0.3, -0.25) is 9.18 Å². The highest BCUT2D eigenvalue weighted by atomic mass is 19.1. The normalized spacial score (nSPS) is 13.9. The summed E-state index contributed by atoms with van der Waals surface area (Å²) >= 11 is 0. The fourth-order valence-corrected chi connectivity index (χ4v) is 1.95. The van der Waals surface area contributed by atoms with Crippen molar-refractivity contribution in [2.75, 3.05) is 18.1 Å². The molecule has 90 valence electrons. The lowest BCUT2D eigenvalue weighted by Crippen LogP contribution is -2.28. The van der Waals surface area contributed by atoms with E-state index >= 15 is 0 Å². The van der Waals surface area contributed by atoms with Crippen LogP contribution in [0.5, 0.6) is 0 Å². The molecule has 0 atom stereocenters. The van der Waals surface area contributed by atoms with E-state index in [2.05, 4.69) is 0 Å². The Morgan fingerprint density at radius 1 is 1.47 bits per heavy atom. The van der Waals surface area contributed by atoms with Gasteiger partial charge in [-0.25, -0.2) is 4.79 Å². The molecule has 1 aromatic carbocycles. The van der Waals surface area contributed by atoms with Crippen LogP contribution in [0.25, 0.3) is 0 Å². The minimum atomic E-state index is -1.03. The molecule has 1 aliphatic rings. The highest BCUT2D eigenvalue weighted by Gasteiger charge is 2.27. The molecule has 0 saturated carbocycles. The van der Waals surface area contributed by atoms with Gasteiger partial charge in [0.05, 0.1) is 18.7 Å². The average molecular weight is 237 g/mol. The number of fused-ring (bicyclic) bond motifs is 1. The van der Waals surface area contributed by atoms with Gasteiger partial charge in [0.2, 0.25) is 5.91 Å². The highest BCUT2D eigenvalue weighted by Crippen LogP contribution is 2.30. The fraction of sp³-hybridized carbons (Fsp3) is 0.333. The molecule has 1 amide bonds. The number of anilines is 1. The number of carbonyl (C=O) groups excluding carboxylic acids is 1. The zero-order valence-electron chi connectivity index (χ0n) is 9.15. The van der Waals surface area contributed by atoms with Crippen LogP contribution >= 0.6 is 0 Å². The lowest BCUT2D eigenvalue weighted by atomic mass is 10.1. The van der Waals surface area contributed by atoms with E-state index in [-0.39, 0.29) is 24.3 Å². The standard InChI is InChI=1S/C12H12FNO3/c13-4-1-5-14-10-6-9(12(16)17)3-2-8(10)7-11(14)15/h2-3,6H,1,4-5,7H2,(H,16,17). The van der Waals surface area contributed by atoms with E-state index in [0.29, 0.717) is 12.2 Å². The van der Waals surface area contributed by atoms with Gasteiger partial charge in [-0.15, -0.1) is 0 Å². The Morgan fingerprint density at radius 2 is 2.24 bits per heavy atom. The summed E-state index contributed by atoms with van der Waals surface area (Å²) in [5.41, 5.74) is 1.55. The molecule has 0 fully saturated rings. The quantitative estimate of drug-likeness (QED) is 0.865. The van der Waals surface area contributed by atoms with Crippen LogP contribution in [0.4, 0.5) is 10.1 Å². The van der Waals surface area contributed by atoms with Gasteiger partial charge in [0.1, 0.15) is 0 Å². The van der Waals surface area contributed by atoms with Crippen LogP contribution in [0.3, 0.4) is 0 Å². The smallest absolute Gasteiger partial charge is 0.335 e. The van der Waals surface area contributed by atoms with Crippen molar-refractivity contribution in [3.8, 4) is 0 Å². The maximum Gasteiger partial charge on any atom is 0.335 e. The molecular weight excluding hydrogens is 225 g/mol. The number of carbonyl (C=O) groups is 2. The molecule has 0 aromatic heterocycles. The maximum absolute atomic E-state index is 12.1. The van der Waals surface area contributed by atoms with E-state index in [1.165, 1.54) is 17.0 Å². The molecule has 0 bridgehead atoms. The van der Waals surface area contributed by atoms with Gasteiger partial charge in [-0.1, -0.05) is 6.07 Å². The van der Waals surface area contributed by atoms with E-state index in [1.54, 1.807) is 6.07 Å². The van der Waals surface area contributed by atoms with E-state index in [0.717, 1.165) is 5.56 Å². The number of carboxylic acid groups (broad SMARTS) is 1. The summed E-state index contributed by atoms with van der Waals surface area (Å²) in [7, 11) is 0. The monoisotopic (exact) mass is 237 g/mol. The maximum atomic E-state index is 12.1. The van der Waals surface area contributed by atoms with Gasteiger partial charge in [0.15, 0.2) is 0 Å². The number of rotatable bonds is 4. The Bertz CT molecular complexity index is 473. The molecule has 0 spiro atoms. The first-order valence-corrected chi connectivity index (χ1v) is 5.36. The largest absolute Gasteiger partial charge is 0.478 e. The third kappa shape index (κ3) is 2.13. The summed E-state index contributed by atoms with van der Waals surface area (Å²) in [5, 5.41) is 8.88. The van der Waals surface area contributed by atoms with Crippen molar-refractivity contribution in [2.24, 2.45) is 0 Å². The molecule has 0 saturated heterocycles. The van der Waals surface area contributed by atoms with Crippen molar-refractivity contribution < 1.29 is 19.1 Å². The fourth-order valence-electron chi connectivity index (χ4n) is 1.95. The van der Waals surface area contributed by atoms with Crippen molar-refractivity contribution in [1.82, 2.24) is 0 Å². The Kier molecular flexibility index (Phi) is 3.08. The second kappa shape index (κ2) is 4.53. The average Bonchev–Trinajstić information content (AvgIpc) is 2.61. The molecule has 2 rings (SSSR count). The van der Waals surface area contributed by atoms with Gasteiger partial charge in [0, 0.05) is 12.2 Å². The van der Waals surface area contributed by atoms with Crippen LogP contribution in [-0.2, 0) is 11.2 Å². The lowest BCUT2D eigenvalue weighted by molar-refractivity contribution is -0.117. The van der Waals surface area contributed by atoms with E-state index in [9.17, 15) is 14.0 Å². The van der Waals surface area contributed by atoms with Gasteiger partial charge in [0.25, 0.3) is 0 Å². The summed E-state index contributed by atoms with van der Waals surface area (Å²) in [5.74, 6) is -1.13. The van der Waals surface area contributed by atoms with Crippen molar-refractivity contribution in [1.29, 1.82) is 0 Å². The summed E-state index contributed by atoms with van der Waals surface area (Å²) in [4.78, 5) is 24.0. The first kappa shape index (κ1) is 11.6. The molecule has 1 heterocycles. The van der Waals surface area contributed by atoms with Crippen LogP contribution in [-0.4, -0.2) is 30.2 Å². The third-order valence-corrected chi connectivity index (χ3v) is 2.78. The molecule has 1 N–H and O–H groups in total. The minimum absolute atomic E-state index is 0.101. The zero-order valence-corrected chi connectivity index (χ0v) is 9.15. The topological polar surface area (TPSA) is 57.6 Å². The highest BCUT2D eigenvalue weighted by molar-refractivity contribution is 6.03. The molecule has 0 unspecified atom stereocenters. The molecule has 4 nitrogen and oxygen atoms in total. The number of hydrogen-bond acceptors (Lipinski definition) is 2. The van der Waals surface area contributed by atoms with E-state index in [4.69, 9.17) is 5.11 Å².